The van der Waals surface area contributed by atoms with E-state index in [-0.39, 0.29) is 47.1 Å². The molecule has 1 aromatic carbocycles. The van der Waals surface area contributed by atoms with Gasteiger partial charge in [-0.25, -0.2) is 8.42 Å². The minimum absolute atomic E-state index is 0.00983. The largest absolute Gasteiger partial charge is 0.490 e. The molecule has 0 unspecified atom stereocenters. The topological polar surface area (TPSA) is 92.7 Å². The van der Waals surface area contributed by atoms with Crippen LogP contribution >= 0.6 is 0 Å². The van der Waals surface area contributed by atoms with E-state index in [9.17, 15) is 26.4 Å². The van der Waals surface area contributed by atoms with E-state index in [0.717, 1.165) is 12.3 Å². The summed E-state index contributed by atoms with van der Waals surface area (Å²) < 4.78 is 67.6. The summed E-state index contributed by atoms with van der Waals surface area (Å²) in [6.07, 6.45) is -3.73. The second kappa shape index (κ2) is 8.93. The fourth-order valence-corrected chi connectivity index (χ4v) is 3.86. The van der Waals surface area contributed by atoms with Gasteiger partial charge in [0.05, 0.1) is 16.6 Å². The van der Waals surface area contributed by atoms with Gasteiger partial charge in [0.1, 0.15) is 5.75 Å². The molecule has 0 atom stereocenters. The summed E-state index contributed by atoms with van der Waals surface area (Å²) in [6, 6.07) is 6.29. The third-order valence-electron chi connectivity index (χ3n) is 4.80. The highest BCUT2D eigenvalue weighted by molar-refractivity contribution is 7.90. The van der Waals surface area contributed by atoms with Gasteiger partial charge in [0.25, 0.3) is 5.91 Å². The number of rotatable bonds is 5. The van der Waals surface area contributed by atoms with E-state index in [1.54, 1.807) is 23.6 Å². The summed E-state index contributed by atoms with van der Waals surface area (Å²) in [7, 11) is -3.52. The maximum absolute atomic E-state index is 13.2. The van der Waals surface area contributed by atoms with Crippen LogP contribution in [0.15, 0.2) is 35.2 Å². The normalized spacial score (nSPS) is 15.2. The van der Waals surface area contributed by atoms with Crippen LogP contribution in [0, 0.1) is 0 Å². The summed E-state index contributed by atoms with van der Waals surface area (Å²) in [6.45, 7) is 4.79. The average Bonchev–Trinajstić information content (AvgIpc) is 2.72. The summed E-state index contributed by atoms with van der Waals surface area (Å²) >= 11 is 0. The molecule has 2 heterocycles. The molecule has 174 valence electrons. The number of alkyl halides is 3. The van der Waals surface area contributed by atoms with Gasteiger partial charge < -0.3 is 14.5 Å². The maximum Gasteiger partial charge on any atom is 0.435 e. The van der Waals surface area contributed by atoms with Gasteiger partial charge in [0, 0.05) is 32.4 Å². The highest BCUT2D eigenvalue weighted by Crippen LogP contribution is 2.28. The van der Waals surface area contributed by atoms with Crippen molar-refractivity contribution in [1.82, 2.24) is 15.1 Å². The van der Waals surface area contributed by atoms with Gasteiger partial charge in [-0.15, -0.1) is 10.2 Å². The molecule has 2 aromatic rings. The zero-order valence-electron chi connectivity index (χ0n) is 17.8. The first-order chi connectivity index (χ1) is 14.9. The van der Waals surface area contributed by atoms with Crippen LogP contribution in [0.2, 0.25) is 0 Å². The van der Waals surface area contributed by atoms with E-state index in [4.69, 9.17) is 4.74 Å². The number of nitrogens with zero attached hydrogens (tertiary/aromatic N) is 4. The molecular weight excluding hydrogens is 449 g/mol. The number of benzene rings is 1. The summed E-state index contributed by atoms with van der Waals surface area (Å²) in [5, 5.41) is 6.88. The Bertz CT molecular complexity index is 1080. The molecule has 1 saturated heterocycles. The van der Waals surface area contributed by atoms with E-state index >= 15 is 0 Å². The molecule has 12 heteroatoms. The number of halogens is 3. The molecule has 1 aliphatic rings. The Balaban J connectivity index is 1.76. The number of aromatic nitrogens is 2. The van der Waals surface area contributed by atoms with Crippen LogP contribution in [0.3, 0.4) is 0 Å². The molecule has 0 saturated carbocycles. The second-order valence-electron chi connectivity index (χ2n) is 7.65. The van der Waals surface area contributed by atoms with Crippen LogP contribution in [-0.4, -0.2) is 68.0 Å². The summed E-state index contributed by atoms with van der Waals surface area (Å²) in [4.78, 5) is 16.4. The summed E-state index contributed by atoms with van der Waals surface area (Å²) in [5.74, 6) is 0.186. The molecule has 0 N–H and O–H groups in total. The van der Waals surface area contributed by atoms with Gasteiger partial charge in [-0.2, -0.15) is 13.2 Å². The maximum atomic E-state index is 13.2. The Labute approximate surface area is 183 Å². The van der Waals surface area contributed by atoms with E-state index in [2.05, 4.69) is 10.2 Å². The first-order valence-corrected chi connectivity index (χ1v) is 11.7. The smallest absolute Gasteiger partial charge is 0.435 e. The minimum Gasteiger partial charge on any atom is -0.490 e. The number of ether oxygens (including phenoxy) is 1. The first kappa shape index (κ1) is 23.8. The molecular formula is C20H23F3N4O4S. The average molecular weight is 472 g/mol. The molecule has 1 amide bonds. The van der Waals surface area contributed by atoms with Crippen LogP contribution in [-0.2, 0) is 16.0 Å². The highest BCUT2D eigenvalue weighted by atomic mass is 32.2. The second-order valence-corrected chi connectivity index (χ2v) is 9.67. The van der Waals surface area contributed by atoms with Crippen LogP contribution in [0.4, 0.5) is 19.0 Å². The zero-order chi connectivity index (χ0) is 23.7. The van der Waals surface area contributed by atoms with Crippen LogP contribution in [0.25, 0.3) is 0 Å². The van der Waals surface area contributed by atoms with Crippen molar-refractivity contribution in [3.8, 4) is 5.75 Å². The lowest BCUT2D eigenvalue weighted by Gasteiger charge is -2.35. The van der Waals surface area contributed by atoms with Crippen molar-refractivity contribution in [3.05, 3.63) is 41.6 Å². The molecule has 3 rings (SSSR count). The van der Waals surface area contributed by atoms with Crippen molar-refractivity contribution in [1.29, 1.82) is 0 Å². The number of carbonyl (C=O) groups is 1. The lowest BCUT2D eigenvalue weighted by atomic mass is 10.1. The predicted molar refractivity (Wildman–Crippen MR) is 110 cm³/mol. The van der Waals surface area contributed by atoms with E-state index in [1.807, 2.05) is 0 Å². The SMILES string of the molecule is CC(C)Oc1ccc(S(C)(=O)=O)cc1C(=O)N1CCN(c2ccc(C(F)(F)F)nn2)CC1. The first-order valence-electron chi connectivity index (χ1n) is 9.82. The molecule has 1 aromatic heterocycles. The van der Waals surface area contributed by atoms with Crippen molar-refractivity contribution in [2.45, 2.75) is 31.0 Å². The van der Waals surface area contributed by atoms with E-state index in [1.165, 1.54) is 24.3 Å². The van der Waals surface area contributed by atoms with Gasteiger partial charge in [0.2, 0.25) is 0 Å². The van der Waals surface area contributed by atoms with Crippen molar-refractivity contribution in [3.63, 3.8) is 0 Å². The van der Waals surface area contributed by atoms with Crippen LogP contribution in [0.5, 0.6) is 5.75 Å². The van der Waals surface area contributed by atoms with Crippen molar-refractivity contribution in [2.75, 3.05) is 37.3 Å². The van der Waals surface area contributed by atoms with Crippen molar-refractivity contribution in [2.24, 2.45) is 0 Å². The van der Waals surface area contributed by atoms with Gasteiger partial charge in [-0.3, -0.25) is 4.79 Å². The third-order valence-corrected chi connectivity index (χ3v) is 5.91. The molecule has 0 aliphatic carbocycles. The number of sulfone groups is 1. The van der Waals surface area contributed by atoms with Crippen molar-refractivity contribution < 1.29 is 31.1 Å². The standard InChI is InChI=1S/C20H23F3N4O4S/c1-13(2)31-16-5-4-14(32(3,29)30)12-15(16)19(28)27-10-8-26(9-11-27)18-7-6-17(24-25-18)20(21,22)23/h4-7,12-13H,8-11H2,1-3H3. The number of amides is 1. The Kier molecular flexibility index (Phi) is 6.63. The van der Waals surface area contributed by atoms with Crippen LogP contribution < -0.4 is 9.64 Å². The number of carbonyl (C=O) groups excluding carboxylic acids is 1. The lowest BCUT2D eigenvalue weighted by Crippen LogP contribution is -2.49. The number of anilines is 1. The monoisotopic (exact) mass is 472 g/mol. The Morgan fingerprint density at radius 2 is 1.72 bits per heavy atom. The van der Waals surface area contributed by atoms with Gasteiger partial charge in [0.15, 0.2) is 21.3 Å². The number of hydrogen-bond acceptors (Lipinski definition) is 7. The van der Waals surface area contributed by atoms with Gasteiger partial charge in [-0.1, -0.05) is 0 Å². The molecule has 32 heavy (non-hydrogen) atoms. The molecule has 0 spiro atoms. The van der Waals surface area contributed by atoms with Crippen molar-refractivity contribution >= 4 is 21.6 Å². The Morgan fingerprint density at radius 1 is 1.06 bits per heavy atom. The molecule has 0 bridgehead atoms. The van der Waals surface area contributed by atoms with E-state index < -0.39 is 21.7 Å². The molecule has 0 radical (unpaired) electrons. The molecule has 1 fully saturated rings. The Morgan fingerprint density at radius 3 is 2.22 bits per heavy atom. The Hall–Kier alpha value is -2.89. The zero-order valence-corrected chi connectivity index (χ0v) is 18.6. The predicted octanol–water partition coefficient (Wildman–Crippen LogP) is 2.65. The fraction of sp³-hybridized carbons (Fsp3) is 0.450. The summed E-state index contributed by atoms with van der Waals surface area (Å²) in [5.41, 5.74) is -0.928. The fourth-order valence-electron chi connectivity index (χ4n) is 3.22. The molecule has 1 aliphatic heterocycles. The molecule has 8 nitrogen and oxygen atoms in total. The van der Waals surface area contributed by atoms with Gasteiger partial charge in [-0.05, 0) is 44.2 Å². The minimum atomic E-state index is -4.56. The highest BCUT2D eigenvalue weighted by Gasteiger charge is 2.33. The van der Waals surface area contributed by atoms with Crippen LogP contribution in [0.1, 0.15) is 29.9 Å². The third kappa shape index (κ3) is 5.47. The van der Waals surface area contributed by atoms with Gasteiger partial charge >= 0.3 is 6.18 Å². The van der Waals surface area contributed by atoms with E-state index in [0.29, 0.717) is 13.1 Å². The quantitative estimate of drug-likeness (QED) is 0.661. The number of piperazine rings is 1. The lowest BCUT2D eigenvalue weighted by molar-refractivity contribution is -0.141. The number of hydrogen-bond donors (Lipinski definition) is 0.